The number of amidine groups is 1. The predicted octanol–water partition coefficient (Wildman–Crippen LogP) is 2.76. The Morgan fingerprint density at radius 1 is 0.943 bits per heavy atom. The third kappa shape index (κ3) is 5.93. The van der Waals surface area contributed by atoms with Gasteiger partial charge in [-0.25, -0.2) is 13.2 Å². The molecule has 0 saturated carbocycles. The van der Waals surface area contributed by atoms with Crippen molar-refractivity contribution < 1.29 is 22.7 Å². The van der Waals surface area contributed by atoms with E-state index >= 15 is 0 Å². The molecule has 3 aromatic carbocycles. The molecule has 1 aliphatic heterocycles. The number of nitrogens with zero attached hydrogens (tertiary/aromatic N) is 1. The second kappa shape index (κ2) is 10.5. The Balaban J connectivity index is 1.38. The lowest BCUT2D eigenvalue weighted by Crippen LogP contribution is -2.35. The number of esters is 1. The van der Waals surface area contributed by atoms with Gasteiger partial charge in [0.15, 0.2) is 6.61 Å². The molecular formula is C26H25N3O5S. The summed E-state index contributed by atoms with van der Waals surface area (Å²) in [5, 5.41) is 2.93. The molecule has 4 rings (SSSR count). The largest absolute Gasteiger partial charge is 0.454 e. The number of carbonyl (C=O) groups is 2. The average molecular weight is 492 g/mol. The number of benzene rings is 3. The van der Waals surface area contributed by atoms with Crippen LogP contribution in [0.5, 0.6) is 0 Å². The summed E-state index contributed by atoms with van der Waals surface area (Å²) in [6.07, 6.45) is 0.578. The normalized spacial score (nSPS) is 16.5. The van der Waals surface area contributed by atoms with Gasteiger partial charge in [-0.3, -0.25) is 14.5 Å². The number of amides is 1. The van der Waals surface area contributed by atoms with E-state index in [1.165, 1.54) is 13.0 Å². The maximum absolute atomic E-state index is 12.6. The zero-order chi connectivity index (χ0) is 24.8. The molecule has 0 saturated heterocycles. The highest BCUT2D eigenvalue weighted by molar-refractivity contribution is 7.90. The molecule has 0 aliphatic carbocycles. The van der Waals surface area contributed by atoms with E-state index in [1.54, 1.807) is 18.2 Å². The van der Waals surface area contributed by atoms with Gasteiger partial charge >= 0.3 is 5.97 Å². The average Bonchev–Trinajstić information content (AvgIpc) is 3.13. The summed E-state index contributed by atoms with van der Waals surface area (Å²) in [5.41, 5.74) is 2.38. The van der Waals surface area contributed by atoms with Gasteiger partial charge in [-0.15, -0.1) is 0 Å². The quantitative estimate of drug-likeness (QED) is 0.471. The fourth-order valence-corrected chi connectivity index (χ4v) is 5.00. The van der Waals surface area contributed by atoms with E-state index in [0.717, 1.165) is 11.1 Å². The SMILES string of the molecule is C[C@H](N=C1NS(=O)(=O)c2ccccc21)C(=O)OCC(=O)NC(Cc1ccccc1)c1ccccc1. The van der Waals surface area contributed by atoms with Crippen LogP contribution in [-0.2, 0) is 30.8 Å². The number of sulfonamides is 1. The van der Waals surface area contributed by atoms with Gasteiger partial charge in [-0.1, -0.05) is 72.8 Å². The minimum absolute atomic E-state index is 0.0708. The smallest absolute Gasteiger partial charge is 0.331 e. The molecule has 35 heavy (non-hydrogen) atoms. The first-order valence-electron chi connectivity index (χ1n) is 11.1. The van der Waals surface area contributed by atoms with Crippen molar-refractivity contribution in [2.45, 2.75) is 30.3 Å². The first-order valence-corrected chi connectivity index (χ1v) is 12.6. The van der Waals surface area contributed by atoms with E-state index in [4.69, 9.17) is 4.74 Å². The molecule has 0 aromatic heterocycles. The highest BCUT2D eigenvalue weighted by Crippen LogP contribution is 2.23. The summed E-state index contributed by atoms with van der Waals surface area (Å²) < 4.78 is 32.0. The van der Waals surface area contributed by atoms with Crippen LogP contribution in [0.15, 0.2) is 94.8 Å². The van der Waals surface area contributed by atoms with Crippen LogP contribution in [0.2, 0.25) is 0 Å². The Morgan fingerprint density at radius 3 is 2.29 bits per heavy atom. The molecule has 3 aromatic rings. The fraction of sp³-hybridized carbons (Fsp3) is 0.192. The second-order valence-corrected chi connectivity index (χ2v) is 9.73. The zero-order valence-corrected chi connectivity index (χ0v) is 19.9. The van der Waals surface area contributed by atoms with Crippen molar-refractivity contribution in [3.8, 4) is 0 Å². The van der Waals surface area contributed by atoms with Gasteiger partial charge in [0.1, 0.15) is 11.9 Å². The summed E-state index contributed by atoms with van der Waals surface area (Å²) in [6.45, 7) is 0.999. The lowest BCUT2D eigenvalue weighted by Gasteiger charge is -2.20. The van der Waals surface area contributed by atoms with Crippen LogP contribution in [0.3, 0.4) is 0 Å². The molecule has 1 unspecified atom stereocenters. The van der Waals surface area contributed by atoms with Crippen LogP contribution in [-0.4, -0.2) is 38.8 Å². The van der Waals surface area contributed by atoms with E-state index in [-0.39, 0.29) is 16.8 Å². The van der Waals surface area contributed by atoms with Crippen molar-refractivity contribution in [2.75, 3.05) is 6.61 Å². The number of carbonyl (C=O) groups excluding carboxylic acids is 2. The van der Waals surface area contributed by atoms with E-state index in [1.807, 2.05) is 60.7 Å². The van der Waals surface area contributed by atoms with Crippen molar-refractivity contribution in [2.24, 2.45) is 4.99 Å². The summed E-state index contributed by atoms with van der Waals surface area (Å²) in [4.78, 5) is 29.4. The van der Waals surface area contributed by atoms with Gasteiger partial charge in [0.2, 0.25) is 0 Å². The Hall–Kier alpha value is -3.98. The van der Waals surface area contributed by atoms with Gasteiger partial charge in [-0.2, -0.15) is 0 Å². The van der Waals surface area contributed by atoms with Crippen molar-refractivity contribution >= 4 is 27.7 Å². The Kier molecular flexibility index (Phi) is 7.26. The van der Waals surface area contributed by atoms with Crippen LogP contribution in [0, 0.1) is 0 Å². The number of nitrogens with one attached hydrogen (secondary N) is 2. The summed E-state index contributed by atoms with van der Waals surface area (Å²) >= 11 is 0. The Labute approximate surface area is 204 Å². The highest BCUT2D eigenvalue weighted by Gasteiger charge is 2.31. The van der Waals surface area contributed by atoms with E-state index < -0.39 is 34.5 Å². The molecule has 180 valence electrons. The van der Waals surface area contributed by atoms with E-state index in [0.29, 0.717) is 12.0 Å². The van der Waals surface area contributed by atoms with Gasteiger partial charge in [-0.05, 0) is 36.6 Å². The zero-order valence-electron chi connectivity index (χ0n) is 19.0. The minimum Gasteiger partial charge on any atom is -0.454 e. The first-order chi connectivity index (χ1) is 16.8. The standard InChI is InChI=1S/C26H25N3O5S/c1-18(27-25-21-14-8-9-15-23(21)35(32,33)29-25)26(31)34-17-24(30)28-22(20-12-6-3-7-13-20)16-19-10-4-2-5-11-19/h2-15,18,22H,16-17H2,1H3,(H,27,29)(H,28,30)/t18-,22?/m0/s1. The van der Waals surface area contributed by atoms with Crippen LogP contribution in [0.1, 0.15) is 29.7 Å². The third-order valence-electron chi connectivity index (χ3n) is 5.49. The van der Waals surface area contributed by atoms with Crippen molar-refractivity contribution in [1.29, 1.82) is 0 Å². The number of aliphatic imine (C=N–C) groups is 1. The molecule has 2 N–H and O–H groups in total. The van der Waals surface area contributed by atoms with Crippen LogP contribution in [0.25, 0.3) is 0 Å². The number of ether oxygens (including phenoxy) is 1. The number of fused-ring (bicyclic) bond motifs is 1. The summed E-state index contributed by atoms with van der Waals surface area (Å²) in [5.74, 6) is -1.12. The van der Waals surface area contributed by atoms with Crippen LogP contribution >= 0.6 is 0 Å². The van der Waals surface area contributed by atoms with Gasteiger partial charge in [0.25, 0.3) is 15.9 Å². The maximum atomic E-state index is 12.6. The maximum Gasteiger partial charge on any atom is 0.331 e. The second-order valence-electron chi connectivity index (χ2n) is 8.08. The fourth-order valence-electron chi connectivity index (χ4n) is 3.76. The predicted molar refractivity (Wildman–Crippen MR) is 131 cm³/mol. The highest BCUT2D eigenvalue weighted by atomic mass is 32.2. The number of hydrogen-bond acceptors (Lipinski definition) is 6. The summed E-state index contributed by atoms with van der Waals surface area (Å²) in [7, 11) is -3.71. The molecule has 0 spiro atoms. The van der Waals surface area contributed by atoms with E-state index in [2.05, 4.69) is 15.0 Å². The molecule has 0 bridgehead atoms. The lowest BCUT2D eigenvalue weighted by atomic mass is 9.99. The van der Waals surface area contributed by atoms with Crippen molar-refractivity contribution in [3.05, 3.63) is 102 Å². The Bertz CT molecular complexity index is 1340. The molecule has 2 atom stereocenters. The minimum atomic E-state index is -3.71. The van der Waals surface area contributed by atoms with Crippen molar-refractivity contribution in [1.82, 2.24) is 10.0 Å². The molecule has 1 heterocycles. The molecule has 9 heteroatoms. The molecule has 1 aliphatic rings. The van der Waals surface area contributed by atoms with Gasteiger partial charge in [0.05, 0.1) is 10.9 Å². The molecule has 8 nitrogen and oxygen atoms in total. The van der Waals surface area contributed by atoms with Gasteiger partial charge in [0, 0.05) is 5.56 Å². The monoisotopic (exact) mass is 491 g/mol. The summed E-state index contributed by atoms with van der Waals surface area (Å²) in [6, 6.07) is 24.4. The first kappa shape index (κ1) is 24.2. The molecule has 0 fully saturated rings. The van der Waals surface area contributed by atoms with Crippen molar-refractivity contribution in [3.63, 3.8) is 0 Å². The molecule has 1 amide bonds. The number of rotatable bonds is 8. The topological polar surface area (TPSA) is 114 Å². The molecular weight excluding hydrogens is 466 g/mol. The van der Waals surface area contributed by atoms with E-state index in [9.17, 15) is 18.0 Å². The third-order valence-corrected chi connectivity index (χ3v) is 6.89. The van der Waals surface area contributed by atoms with Crippen LogP contribution in [0.4, 0.5) is 0 Å². The van der Waals surface area contributed by atoms with Crippen LogP contribution < -0.4 is 10.0 Å². The van der Waals surface area contributed by atoms with Gasteiger partial charge < -0.3 is 10.1 Å². The Morgan fingerprint density at radius 2 is 1.57 bits per heavy atom. The molecule has 0 radical (unpaired) electrons. The lowest BCUT2D eigenvalue weighted by molar-refractivity contribution is -0.149. The number of hydrogen-bond donors (Lipinski definition) is 2.